The van der Waals surface area contributed by atoms with Crippen molar-refractivity contribution in [1.82, 2.24) is 5.32 Å². The minimum absolute atomic E-state index is 0.0757. The van der Waals surface area contributed by atoms with E-state index in [9.17, 15) is 14.4 Å². The van der Waals surface area contributed by atoms with Crippen LogP contribution >= 0.6 is 0 Å². The van der Waals surface area contributed by atoms with Crippen LogP contribution in [0.15, 0.2) is 24.3 Å². The third-order valence-electron chi connectivity index (χ3n) is 6.91. The van der Waals surface area contributed by atoms with Crippen molar-refractivity contribution in [3.63, 3.8) is 0 Å². The maximum atomic E-state index is 12.5. The number of carbonyl (C=O) groups excluding carboxylic acids is 3. The number of carbonyl (C=O) groups is 3. The molecule has 6 nitrogen and oxygen atoms in total. The second kappa shape index (κ2) is 8.17. The first-order chi connectivity index (χ1) is 13.9. The Balaban J connectivity index is 1.17. The molecule has 0 aliphatic heterocycles. The van der Waals surface area contributed by atoms with Crippen molar-refractivity contribution in [1.29, 1.82) is 0 Å². The summed E-state index contributed by atoms with van der Waals surface area (Å²) in [5, 5.41) is 5.41. The predicted molar refractivity (Wildman–Crippen MR) is 109 cm³/mol. The van der Waals surface area contributed by atoms with Crippen LogP contribution in [0.3, 0.4) is 0 Å². The molecule has 4 aliphatic rings. The average Bonchev–Trinajstić information content (AvgIpc) is 2.65. The quantitative estimate of drug-likeness (QED) is 0.691. The summed E-state index contributed by atoms with van der Waals surface area (Å²) in [6.45, 7) is 1.34. The lowest BCUT2D eigenvalue weighted by atomic mass is 9.49. The normalized spacial score (nSPS) is 29.3. The first kappa shape index (κ1) is 19.9. The van der Waals surface area contributed by atoms with Crippen molar-refractivity contribution in [2.24, 2.45) is 23.2 Å². The van der Waals surface area contributed by atoms with Crippen molar-refractivity contribution < 1.29 is 19.1 Å². The fourth-order valence-corrected chi connectivity index (χ4v) is 6.18. The van der Waals surface area contributed by atoms with Gasteiger partial charge in [0.2, 0.25) is 5.91 Å². The van der Waals surface area contributed by atoms with E-state index in [1.807, 2.05) is 25.1 Å². The summed E-state index contributed by atoms with van der Waals surface area (Å²) in [5.74, 6) is 1.33. The van der Waals surface area contributed by atoms with E-state index in [0.29, 0.717) is 12.1 Å². The van der Waals surface area contributed by atoms with E-state index < -0.39 is 11.9 Å². The average molecular weight is 399 g/mol. The van der Waals surface area contributed by atoms with Gasteiger partial charge in [-0.1, -0.05) is 18.2 Å². The largest absolute Gasteiger partial charge is 0.454 e. The molecule has 29 heavy (non-hydrogen) atoms. The van der Waals surface area contributed by atoms with Crippen LogP contribution < -0.4 is 10.6 Å². The number of rotatable bonds is 7. The number of ether oxygens (including phenoxy) is 1. The van der Waals surface area contributed by atoms with E-state index >= 15 is 0 Å². The van der Waals surface area contributed by atoms with Gasteiger partial charge in [-0.2, -0.15) is 0 Å². The van der Waals surface area contributed by atoms with E-state index in [0.717, 1.165) is 42.6 Å². The van der Waals surface area contributed by atoms with Crippen LogP contribution in [-0.4, -0.2) is 30.9 Å². The number of aryl methyl sites for hydroxylation is 1. The van der Waals surface area contributed by atoms with Gasteiger partial charge in [-0.05, 0) is 80.2 Å². The molecule has 0 aromatic heterocycles. The number of para-hydroxylation sites is 1. The first-order valence-electron chi connectivity index (χ1n) is 10.7. The summed E-state index contributed by atoms with van der Waals surface area (Å²) in [4.78, 5) is 36.3. The van der Waals surface area contributed by atoms with Crippen LogP contribution in [0.5, 0.6) is 0 Å². The Morgan fingerprint density at radius 1 is 1.00 bits per heavy atom. The number of nitrogens with one attached hydrogen (secondary N) is 2. The molecule has 2 N–H and O–H groups in total. The second-order valence-corrected chi connectivity index (χ2v) is 9.39. The molecule has 156 valence electrons. The van der Waals surface area contributed by atoms with Gasteiger partial charge in [0, 0.05) is 12.1 Å². The summed E-state index contributed by atoms with van der Waals surface area (Å²) in [5.41, 5.74) is 1.78. The van der Waals surface area contributed by atoms with Crippen molar-refractivity contribution in [2.75, 3.05) is 18.5 Å². The zero-order valence-electron chi connectivity index (χ0n) is 17.0. The highest BCUT2D eigenvalue weighted by atomic mass is 16.5. The van der Waals surface area contributed by atoms with Crippen molar-refractivity contribution in [3.8, 4) is 0 Å². The molecular weight excluding hydrogens is 368 g/mol. The Morgan fingerprint density at radius 3 is 2.24 bits per heavy atom. The molecule has 4 fully saturated rings. The molecule has 1 aromatic rings. The maximum absolute atomic E-state index is 12.5. The third-order valence-corrected chi connectivity index (χ3v) is 6.91. The standard InChI is InChI=1S/C23H30N2O4/c1-15-4-2-3-5-19(15)25-21(27)14-29-22(28)13-24-20(26)12-23-9-16-6-17(10-23)8-18(7-16)11-23/h2-5,16-18H,6-14H2,1H3,(H,24,26)(H,25,27). The number of hydrogen-bond acceptors (Lipinski definition) is 4. The van der Waals surface area contributed by atoms with Gasteiger partial charge in [-0.15, -0.1) is 0 Å². The molecule has 4 bridgehead atoms. The number of anilines is 1. The Morgan fingerprint density at radius 2 is 1.62 bits per heavy atom. The molecular formula is C23H30N2O4. The van der Waals surface area contributed by atoms with E-state index in [1.54, 1.807) is 6.07 Å². The van der Waals surface area contributed by atoms with Gasteiger partial charge in [-0.3, -0.25) is 14.4 Å². The van der Waals surface area contributed by atoms with Gasteiger partial charge in [-0.25, -0.2) is 0 Å². The molecule has 0 heterocycles. The molecule has 0 radical (unpaired) electrons. The van der Waals surface area contributed by atoms with Gasteiger partial charge in [0.15, 0.2) is 6.61 Å². The zero-order valence-corrected chi connectivity index (χ0v) is 17.0. The van der Waals surface area contributed by atoms with Crippen LogP contribution in [0.2, 0.25) is 0 Å². The Kier molecular flexibility index (Phi) is 5.61. The van der Waals surface area contributed by atoms with Crippen molar-refractivity contribution in [3.05, 3.63) is 29.8 Å². The molecule has 0 unspecified atom stereocenters. The Hall–Kier alpha value is -2.37. The summed E-state index contributed by atoms with van der Waals surface area (Å²) in [6, 6.07) is 7.39. The molecule has 2 amide bonds. The lowest BCUT2D eigenvalue weighted by Gasteiger charge is -2.56. The van der Waals surface area contributed by atoms with Crippen molar-refractivity contribution >= 4 is 23.5 Å². The third kappa shape index (κ3) is 4.80. The van der Waals surface area contributed by atoms with Gasteiger partial charge < -0.3 is 15.4 Å². The number of esters is 1. The monoisotopic (exact) mass is 398 g/mol. The molecule has 6 heteroatoms. The summed E-state index contributed by atoms with van der Waals surface area (Å²) in [6.07, 6.45) is 8.03. The highest BCUT2D eigenvalue weighted by molar-refractivity contribution is 5.93. The zero-order chi connectivity index (χ0) is 20.4. The van der Waals surface area contributed by atoms with E-state index in [4.69, 9.17) is 4.74 Å². The number of benzene rings is 1. The van der Waals surface area contributed by atoms with E-state index in [-0.39, 0.29) is 24.5 Å². The number of amides is 2. The van der Waals surface area contributed by atoms with Gasteiger partial charge in [0.05, 0.1) is 0 Å². The smallest absolute Gasteiger partial charge is 0.325 e. The van der Waals surface area contributed by atoms with Crippen LogP contribution in [-0.2, 0) is 19.1 Å². The van der Waals surface area contributed by atoms with E-state index in [1.165, 1.54) is 19.3 Å². The van der Waals surface area contributed by atoms with Crippen LogP contribution in [0.4, 0.5) is 5.69 Å². The van der Waals surface area contributed by atoms with Crippen molar-refractivity contribution in [2.45, 2.75) is 51.9 Å². The first-order valence-corrected chi connectivity index (χ1v) is 10.7. The number of hydrogen-bond donors (Lipinski definition) is 2. The summed E-state index contributed by atoms with van der Waals surface area (Å²) >= 11 is 0. The fourth-order valence-electron chi connectivity index (χ4n) is 6.18. The summed E-state index contributed by atoms with van der Waals surface area (Å²) < 4.78 is 4.99. The topological polar surface area (TPSA) is 84.5 Å². The minimum atomic E-state index is -0.594. The Bertz CT molecular complexity index is 769. The maximum Gasteiger partial charge on any atom is 0.325 e. The molecule has 5 rings (SSSR count). The van der Waals surface area contributed by atoms with Gasteiger partial charge in [0.25, 0.3) is 5.91 Å². The predicted octanol–water partition coefficient (Wildman–Crippen LogP) is 3.20. The lowest BCUT2D eigenvalue weighted by Crippen LogP contribution is -2.48. The summed E-state index contributed by atoms with van der Waals surface area (Å²) in [7, 11) is 0. The lowest BCUT2D eigenvalue weighted by molar-refractivity contribution is -0.147. The fraction of sp³-hybridized carbons (Fsp3) is 0.609. The van der Waals surface area contributed by atoms with E-state index in [2.05, 4.69) is 10.6 Å². The second-order valence-electron chi connectivity index (χ2n) is 9.39. The molecule has 0 spiro atoms. The minimum Gasteiger partial charge on any atom is -0.454 e. The molecule has 4 aliphatic carbocycles. The van der Waals surface area contributed by atoms with Gasteiger partial charge >= 0.3 is 5.97 Å². The molecule has 1 aromatic carbocycles. The highest BCUT2D eigenvalue weighted by Gasteiger charge is 2.51. The Labute approximate surface area is 171 Å². The van der Waals surface area contributed by atoms with Crippen LogP contribution in [0.25, 0.3) is 0 Å². The van der Waals surface area contributed by atoms with Crippen LogP contribution in [0.1, 0.15) is 50.5 Å². The SMILES string of the molecule is Cc1ccccc1NC(=O)COC(=O)CNC(=O)CC12CC3CC(CC(C3)C1)C2. The molecule has 4 saturated carbocycles. The highest BCUT2D eigenvalue weighted by Crippen LogP contribution is 2.61. The molecule has 0 atom stereocenters. The molecule has 0 saturated heterocycles. The van der Waals surface area contributed by atoms with Gasteiger partial charge in [0.1, 0.15) is 6.54 Å². The van der Waals surface area contributed by atoms with Crippen LogP contribution in [0, 0.1) is 30.1 Å².